The van der Waals surface area contributed by atoms with Crippen LogP contribution >= 0.6 is 0 Å². The highest BCUT2D eigenvalue weighted by atomic mass is 14.8. The maximum Gasteiger partial charge on any atom is 0.0722 e. The van der Waals surface area contributed by atoms with Gasteiger partial charge in [0.05, 0.1) is 5.71 Å². The quantitative estimate of drug-likeness (QED) is 0.706. The Hall–Kier alpha value is -1.96. The van der Waals surface area contributed by atoms with Gasteiger partial charge < -0.3 is 0 Å². The van der Waals surface area contributed by atoms with Crippen molar-refractivity contribution in [3.8, 4) is 0 Å². The number of fused-ring (bicyclic) bond motifs is 1. The van der Waals surface area contributed by atoms with Gasteiger partial charge in [-0.3, -0.25) is 9.98 Å². The highest BCUT2D eigenvalue weighted by Gasteiger charge is 2.14. The van der Waals surface area contributed by atoms with Crippen molar-refractivity contribution in [3.05, 3.63) is 65.5 Å². The summed E-state index contributed by atoms with van der Waals surface area (Å²) in [6, 6.07) is 12.5. The summed E-state index contributed by atoms with van der Waals surface area (Å²) in [7, 11) is 0. The normalized spacial score (nSPS) is 14.1. The Balaban J connectivity index is 2.13. The molecule has 0 saturated heterocycles. The van der Waals surface area contributed by atoms with Crippen LogP contribution in [0.5, 0.6) is 0 Å². The van der Waals surface area contributed by atoms with Crippen molar-refractivity contribution in [3.63, 3.8) is 0 Å². The minimum atomic E-state index is 0.884. The van der Waals surface area contributed by atoms with Gasteiger partial charge in [-0.2, -0.15) is 0 Å². The summed E-state index contributed by atoms with van der Waals surface area (Å²) in [5.41, 5.74) is 4.91. The Kier molecular flexibility index (Phi) is 2.26. The van der Waals surface area contributed by atoms with Crippen LogP contribution in [0.3, 0.4) is 0 Å². The Bertz CT molecular complexity index is 529. The predicted octanol–water partition coefficient (Wildman–Crippen LogP) is 2.48. The average molecular weight is 208 g/mol. The second-order valence-electron chi connectivity index (χ2n) is 3.87. The molecule has 78 valence electrons. The second-order valence-corrected chi connectivity index (χ2v) is 3.87. The molecule has 0 spiro atoms. The van der Waals surface area contributed by atoms with E-state index in [0.29, 0.717) is 0 Å². The molecule has 1 aliphatic heterocycles. The molecule has 16 heavy (non-hydrogen) atoms. The van der Waals surface area contributed by atoms with Crippen LogP contribution in [0.15, 0.2) is 53.8 Å². The molecule has 1 aromatic carbocycles. The molecule has 2 heterocycles. The molecular weight excluding hydrogens is 196 g/mol. The lowest BCUT2D eigenvalue weighted by Crippen LogP contribution is -2.13. The maximum absolute atomic E-state index is 4.63. The topological polar surface area (TPSA) is 25.2 Å². The van der Waals surface area contributed by atoms with Gasteiger partial charge in [-0.05, 0) is 24.1 Å². The van der Waals surface area contributed by atoms with Crippen LogP contribution in [0, 0.1) is 0 Å². The molecule has 0 unspecified atom stereocenters. The third-order valence-electron chi connectivity index (χ3n) is 2.88. The third kappa shape index (κ3) is 1.52. The lowest BCUT2D eigenvalue weighted by atomic mass is 9.94. The Morgan fingerprint density at radius 1 is 0.938 bits per heavy atom. The zero-order chi connectivity index (χ0) is 10.8. The van der Waals surface area contributed by atoms with Crippen molar-refractivity contribution in [2.24, 2.45) is 4.99 Å². The van der Waals surface area contributed by atoms with Gasteiger partial charge in [-0.1, -0.05) is 24.3 Å². The van der Waals surface area contributed by atoms with E-state index >= 15 is 0 Å². The molecule has 0 saturated carbocycles. The first-order valence-corrected chi connectivity index (χ1v) is 5.48. The highest BCUT2D eigenvalue weighted by Crippen LogP contribution is 2.19. The van der Waals surface area contributed by atoms with Crippen molar-refractivity contribution in [2.75, 3.05) is 6.54 Å². The Morgan fingerprint density at radius 3 is 2.62 bits per heavy atom. The van der Waals surface area contributed by atoms with Crippen LogP contribution in [0.4, 0.5) is 0 Å². The molecule has 0 bridgehead atoms. The SMILES string of the molecule is c1ccc2c(c1)CCN=C2c1ccncc1. The summed E-state index contributed by atoms with van der Waals surface area (Å²) in [4.78, 5) is 8.67. The summed E-state index contributed by atoms with van der Waals surface area (Å²) in [5, 5.41) is 0. The molecule has 1 aromatic heterocycles. The monoisotopic (exact) mass is 208 g/mol. The molecule has 2 aromatic rings. The number of nitrogens with zero attached hydrogens (tertiary/aromatic N) is 2. The third-order valence-corrected chi connectivity index (χ3v) is 2.88. The first-order valence-electron chi connectivity index (χ1n) is 5.48. The van der Waals surface area contributed by atoms with E-state index in [1.165, 1.54) is 11.1 Å². The first-order chi connectivity index (χ1) is 7.95. The molecule has 1 aliphatic rings. The van der Waals surface area contributed by atoms with Gasteiger partial charge in [0.2, 0.25) is 0 Å². The molecule has 0 radical (unpaired) electrons. The molecule has 0 amide bonds. The van der Waals surface area contributed by atoms with Crippen molar-refractivity contribution < 1.29 is 0 Å². The number of hydrogen-bond acceptors (Lipinski definition) is 2. The Labute approximate surface area is 94.7 Å². The molecular formula is C14H12N2. The van der Waals surface area contributed by atoms with Crippen molar-refractivity contribution in [1.29, 1.82) is 0 Å². The number of aromatic nitrogens is 1. The van der Waals surface area contributed by atoms with Crippen LogP contribution in [0.1, 0.15) is 16.7 Å². The number of hydrogen-bond donors (Lipinski definition) is 0. The summed E-state index contributed by atoms with van der Waals surface area (Å²) in [6.45, 7) is 0.884. The molecule has 0 fully saturated rings. The van der Waals surface area contributed by atoms with E-state index in [-0.39, 0.29) is 0 Å². The van der Waals surface area contributed by atoms with Crippen molar-refractivity contribution >= 4 is 5.71 Å². The fraction of sp³-hybridized carbons (Fsp3) is 0.143. The number of benzene rings is 1. The second kappa shape index (κ2) is 3.89. The van der Waals surface area contributed by atoms with E-state index in [2.05, 4.69) is 34.2 Å². The van der Waals surface area contributed by atoms with Gasteiger partial charge in [0, 0.05) is 30.1 Å². The lowest BCUT2D eigenvalue weighted by Gasteiger charge is -2.16. The Morgan fingerprint density at radius 2 is 1.75 bits per heavy atom. The smallest absolute Gasteiger partial charge is 0.0722 e. The zero-order valence-electron chi connectivity index (χ0n) is 8.93. The summed E-state index contributed by atoms with van der Waals surface area (Å²) in [6.07, 6.45) is 4.68. The van der Waals surface area contributed by atoms with Crippen LogP contribution < -0.4 is 0 Å². The molecule has 0 N–H and O–H groups in total. The summed E-state index contributed by atoms with van der Waals surface area (Å²) in [5.74, 6) is 0. The van der Waals surface area contributed by atoms with Crippen molar-refractivity contribution in [2.45, 2.75) is 6.42 Å². The average Bonchev–Trinajstić information content (AvgIpc) is 2.39. The number of rotatable bonds is 1. The largest absolute Gasteiger partial charge is 0.284 e. The molecule has 2 heteroatoms. The van der Waals surface area contributed by atoms with Gasteiger partial charge in [-0.15, -0.1) is 0 Å². The van der Waals surface area contributed by atoms with Gasteiger partial charge in [-0.25, -0.2) is 0 Å². The molecule has 3 rings (SSSR count). The van der Waals surface area contributed by atoms with E-state index < -0.39 is 0 Å². The fourth-order valence-corrected chi connectivity index (χ4v) is 2.10. The molecule has 2 nitrogen and oxygen atoms in total. The summed E-state index contributed by atoms with van der Waals surface area (Å²) >= 11 is 0. The zero-order valence-corrected chi connectivity index (χ0v) is 8.93. The van der Waals surface area contributed by atoms with E-state index in [9.17, 15) is 0 Å². The fourth-order valence-electron chi connectivity index (χ4n) is 2.10. The summed E-state index contributed by atoms with van der Waals surface area (Å²) < 4.78 is 0. The van der Waals surface area contributed by atoms with Crippen LogP contribution in [-0.2, 0) is 6.42 Å². The predicted molar refractivity (Wildman–Crippen MR) is 64.9 cm³/mol. The highest BCUT2D eigenvalue weighted by molar-refractivity contribution is 6.14. The standard InChI is InChI=1S/C14H12N2/c1-2-4-13-11(3-1)7-10-16-14(13)12-5-8-15-9-6-12/h1-6,8-9H,7,10H2. The molecule has 0 atom stereocenters. The number of aliphatic imine (C=N–C) groups is 1. The van der Waals surface area contributed by atoms with E-state index in [1.54, 1.807) is 0 Å². The van der Waals surface area contributed by atoms with Gasteiger partial charge in [0.1, 0.15) is 0 Å². The molecule has 0 aliphatic carbocycles. The first kappa shape index (κ1) is 9.28. The number of pyridine rings is 1. The van der Waals surface area contributed by atoms with Crippen LogP contribution in [0.25, 0.3) is 0 Å². The maximum atomic E-state index is 4.63. The van der Waals surface area contributed by atoms with E-state index in [1.807, 2.05) is 24.5 Å². The van der Waals surface area contributed by atoms with E-state index in [0.717, 1.165) is 24.2 Å². The van der Waals surface area contributed by atoms with Gasteiger partial charge >= 0.3 is 0 Å². The van der Waals surface area contributed by atoms with E-state index in [4.69, 9.17) is 0 Å². The van der Waals surface area contributed by atoms with Crippen LogP contribution in [0.2, 0.25) is 0 Å². The van der Waals surface area contributed by atoms with Crippen LogP contribution in [-0.4, -0.2) is 17.2 Å². The van der Waals surface area contributed by atoms with Gasteiger partial charge in [0.25, 0.3) is 0 Å². The lowest BCUT2D eigenvalue weighted by molar-refractivity contribution is 0.944. The van der Waals surface area contributed by atoms with Gasteiger partial charge in [0.15, 0.2) is 0 Å². The minimum Gasteiger partial charge on any atom is -0.284 e. The van der Waals surface area contributed by atoms with Crippen molar-refractivity contribution in [1.82, 2.24) is 4.98 Å². The minimum absolute atomic E-state index is 0.884.